The molecule has 0 aliphatic carbocycles. The van der Waals surface area contributed by atoms with Gasteiger partial charge in [0.25, 0.3) is 0 Å². The predicted octanol–water partition coefficient (Wildman–Crippen LogP) is 1.39. The van der Waals surface area contributed by atoms with E-state index in [4.69, 9.17) is 0 Å². The number of nitrogens with zero attached hydrogens (tertiary/aromatic N) is 1. The van der Waals surface area contributed by atoms with Crippen LogP contribution < -0.4 is 0 Å². The maximum Gasteiger partial charge on any atom is 0.127 e. The Morgan fingerprint density at radius 1 is 1.43 bits per heavy atom. The fourth-order valence-electron chi connectivity index (χ4n) is 1.90. The molecule has 1 saturated heterocycles. The van der Waals surface area contributed by atoms with E-state index in [1.807, 2.05) is 11.0 Å². The topological polar surface area (TPSA) is 23.5 Å². The molecule has 0 unspecified atom stereocenters. The monoisotopic (exact) mass is 195 g/mol. The molecule has 3 heteroatoms. The second-order valence-electron chi connectivity index (χ2n) is 4.23. The molecule has 2 nitrogen and oxygen atoms in total. The summed E-state index contributed by atoms with van der Waals surface area (Å²) in [5, 5.41) is 9.50. The van der Waals surface area contributed by atoms with Gasteiger partial charge in [-0.15, -0.1) is 0 Å². The van der Waals surface area contributed by atoms with Gasteiger partial charge in [-0.2, -0.15) is 0 Å². The molecule has 1 fully saturated rings. The molecular formula is C11H14FNO. The van der Waals surface area contributed by atoms with Crippen LogP contribution in [0.25, 0.3) is 0 Å². The highest BCUT2D eigenvalue weighted by atomic mass is 19.1. The molecule has 76 valence electrons. The minimum Gasteiger partial charge on any atom is -0.388 e. The van der Waals surface area contributed by atoms with E-state index in [1.165, 1.54) is 6.07 Å². The van der Waals surface area contributed by atoms with Gasteiger partial charge in [-0.1, -0.05) is 18.2 Å². The van der Waals surface area contributed by atoms with E-state index < -0.39 is 5.60 Å². The van der Waals surface area contributed by atoms with Gasteiger partial charge in [-0.25, -0.2) is 4.39 Å². The first-order valence-electron chi connectivity index (χ1n) is 4.75. The van der Waals surface area contributed by atoms with Crippen molar-refractivity contribution in [1.29, 1.82) is 0 Å². The van der Waals surface area contributed by atoms with E-state index >= 15 is 0 Å². The Kier molecular flexibility index (Phi) is 2.29. The van der Waals surface area contributed by atoms with Gasteiger partial charge in [0.15, 0.2) is 0 Å². The summed E-state index contributed by atoms with van der Waals surface area (Å²) < 4.78 is 13.2. The van der Waals surface area contributed by atoms with Gasteiger partial charge in [-0.05, 0) is 13.0 Å². The van der Waals surface area contributed by atoms with Crippen LogP contribution in [0.2, 0.25) is 0 Å². The predicted molar refractivity (Wildman–Crippen MR) is 52.3 cm³/mol. The third-order valence-electron chi connectivity index (χ3n) is 2.48. The normalized spacial score (nSPS) is 20.5. The SMILES string of the molecule is CC1(O)CN(Cc2ccccc2F)C1. The molecule has 0 bridgehead atoms. The summed E-state index contributed by atoms with van der Waals surface area (Å²) in [5.41, 5.74) is 0.119. The number of hydrogen-bond acceptors (Lipinski definition) is 2. The van der Waals surface area contributed by atoms with Crippen molar-refractivity contribution in [2.24, 2.45) is 0 Å². The summed E-state index contributed by atoms with van der Waals surface area (Å²) in [6.07, 6.45) is 0. The van der Waals surface area contributed by atoms with E-state index in [0.29, 0.717) is 25.2 Å². The number of hydrogen-bond donors (Lipinski definition) is 1. The average Bonchev–Trinajstić information content (AvgIpc) is 2.05. The molecule has 1 aliphatic rings. The molecule has 14 heavy (non-hydrogen) atoms. The van der Waals surface area contributed by atoms with Gasteiger partial charge in [0, 0.05) is 25.2 Å². The van der Waals surface area contributed by atoms with Crippen LogP contribution in [-0.2, 0) is 6.54 Å². The third kappa shape index (κ3) is 1.94. The van der Waals surface area contributed by atoms with E-state index in [2.05, 4.69) is 0 Å². The van der Waals surface area contributed by atoms with Crippen molar-refractivity contribution >= 4 is 0 Å². The van der Waals surface area contributed by atoms with Crippen molar-refractivity contribution in [3.63, 3.8) is 0 Å². The summed E-state index contributed by atoms with van der Waals surface area (Å²) in [6.45, 7) is 3.64. The highest BCUT2D eigenvalue weighted by Crippen LogP contribution is 2.22. The molecule has 2 rings (SSSR count). The lowest BCUT2D eigenvalue weighted by Gasteiger charge is -2.44. The van der Waals surface area contributed by atoms with Crippen molar-refractivity contribution in [1.82, 2.24) is 4.90 Å². The molecule has 0 spiro atoms. The van der Waals surface area contributed by atoms with Gasteiger partial charge in [-0.3, -0.25) is 4.90 Å². The van der Waals surface area contributed by atoms with Gasteiger partial charge >= 0.3 is 0 Å². The fourth-order valence-corrected chi connectivity index (χ4v) is 1.90. The van der Waals surface area contributed by atoms with Crippen molar-refractivity contribution in [2.75, 3.05) is 13.1 Å². The first kappa shape index (κ1) is 9.62. The third-order valence-corrected chi connectivity index (χ3v) is 2.48. The van der Waals surface area contributed by atoms with E-state index in [9.17, 15) is 9.50 Å². The van der Waals surface area contributed by atoms with Crippen LogP contribution in [0, 0.1) is 5.82 Å². The quantitative estimate of drug-likeness (QED) is 0.771. The average molecular weight is 195 g/mol. The van der Waals surface area contributed by atoms with Crippen LogP contribution in [0.4, 0.5) is 4.39 Å². The molecule has 1 aromatic carbocycles. The molecule has 1 N–H and O–H groups in total. The van der Waals surface area contributed by atoms with Crippen molar-refractivity contribution < 1.29 is 9.50 Å². The van der Waals surface area contributed by atoms with Crippen molar-refractivity contribution in [2.45, 2.75) is 19.1 Å². The highest BCUT2D eigenvalue weighted by molar-refractivity contribution is 5.17. The zero-order chi connectivity index (χ0) is 10.2. The summed E-state index contributed by atoms with van der Waals surface area (Å²) in [5.74, 6) is -0.168. The second-order valence-corrected chi connectivity index (χ2v) is 4.23. The Morgan fingerprint density at radius 3 is 2.64 bits per heavy atom. The molecule has 0 radical (unpaired) electrons. The largest absolute Gasteiger partial charge is 0.388 e. The molecule has 0 aromatic heterocycles. The lowest BCUT2D eigenvalue weighted by Crippen LogP contribution is -2.59. The Bertz CT molecular complexity index is 330. The summed E-state index contributed by atoms with van der Waals surface area (Å²) >= 11 is 0. The number of rotatable bonds is 2. The summed E-state index contributed by atoms with van der Waals surface area (Å²) in [4.78, 5) is 2.03. The molecule has 0 atom stereocenters. The minimum absolute atomic E-state index is 0.168. The van der Waals surface area contributed by atoms with Crippen molar-refractivity contribution in [3.8, 4) is 0 Å². The fraction of sp³-hybridized carbons (Fsp3) is 0.455. The molecule has 0 amide bonds. The van der Waals surface area contributed by atoms with Gasteiger partial charge in [0.1, 0.15) is 5.82 Å². The number of likely N-dealkylation sites (tertiary alicyclic amines) is 1. The van der Waals surface area contributed by atoms with Gasteiger partial charge < -0.3 is 5.11 Å². The smallest absolute Gasteiger partial charge is 0.127 e. The van der Waals surface area contributed by atoms with E-state index in [1.54, 1.807) is 19.1 Å². The Morgan fingerprint density at radius 2 is 2.07 bits per heavy atom. The van der Waals surface area contributed by atoms with Crippen LogP contribution in [-0.4, -0.2) is 28.7 Å². The number of β-amino-alcohol motifs (C(OH)–C–C–N with tert-alkyl or cyclic N) is 1. The van der Waals surface area contributed by atoms with E-state index in [-0.39, 0.29) is 5.82 Å². The van der Waals surface area contributed by atoms with Crippen LogP contribution in [0.15, 0.2) is 24.3 Å². The lowest BCUT2D eigenvalue weighted by atomic mass is 9.96. The zero-order valence-corrected chi connectivity index (χ0v) is 8.20. The molecule has 1 aromatic rings. The van der Waals surface area contributed by atoms with Gasteiger partial charge in [0.2, 0.25) is 0 Å². The first-order valence-corrected chi connectivity index (χ1v) is 4.75. The first-order chi connectivity index (χ1) is 6.57. The Hall–Kier alpha value is -0.930. The summed E-state index contributed by atoms with van der Waals surface area (Å²) in [6, 6.07) is 6.76. The summed E-state index contributed by atoms with van der Waals surface area (Å²) in [7, 11) is 0. The Labute approximate surface area is 83.0 Å². The maximum absolute atomic E-state index is 13.2. The highest BCUT2D eigenvalue weighted by Gasteiger charge is 2.36. The molecular weight excluding hydrogens is 181 g/mol. The Balaban J connectivity index is 1.97. The van der Waals surface area contributed by atoms with Crippen LogP contribution in [0.3, 0.4) is 0 Å². The van der Waals surface area contributed by atoms with Crippen molar-refractivity contribution in [3.05, 3.63) is 35.6 Å². The lowest BCUT2D eigenvalue weighted by molar-refractivity contribution is -0.0874. The standard InChI is InChI=1S/C11H14FNO/c1-11(14)7-13(8-11)6-9-4-2-3-5-10(9)12/h2-5,14H,6-8H2,1H3. The molecule has 1 aliphatic heterocycles. The van der Waals surface area contributed by atoms with Gasteiger partial charge in [0.05, 0.1) is 5.60 Å². The number of benzene rings is 1. The van der Waals surface area contributed by atoms with Crippen LogP contribution >= 0.6 is 0 Å². The second kappa shape index (κ2) is 3.33. The number of halogens is 1. The minimum atomic E-state index is -0.578. The van der Waals surface area contributed by atoms with Crippen LogP contribution in [0.1, 0.15) is 12.5 Å². The van der Waals surface area contributed by atoms with E-state index in [0.717, 1.165) is 0 Å². The molecule has 0 saturated carbocycles. The maximum atomic E-state index is 13.2. The number of aliphatic hydroxyl groups is 1. The molecule has 1 heterocycles. The van der Waals surface area contributed by atoms with Crippen LogP contribution in [0.5, 0.6) is 0 Å². The zero-order valence-electron chi connectivity index (χ0n) is 8.20.